The Morgan fingerprint density at radius 3 is 0.763 bits per heavy atom. The smallest absolute Gasteiger partial charge is 0.220 e. The maximum atomic E-state index is 12.5. The molecule has 4 heteroatoms. The Balaban J connectivity index is 3.41. The van der Waals surface area contributed by atoms with Gasteiger partial charge in [-0.05, 0) is 12.8 Å². The van der Waals surface area contributed by atoms with Crippen LogP contribution in [-0.4, -0.2) is 34.9 Å². The molecule has 3 N–H and O–H groups in total. The van der Waals surface area contributed by atoms with E-state index in [0.717, 1.165) is 25.7 Å². The SMILES string of the molecule is CCCCCCCCCCCCCCCCCCCCCCCCCCC(O)C(CO)NC(=O)CCCCCCCCCCCCCCCCCCCCCCCCC. The van der Waals surface area contributed by atoms with E-state index in [1.54, 1.807) is 0 Å². The third kappa shape index (κ3) is 48.3. The van der Waals surface area contributed by atoms with E-state index in [9.17, 15) is 15.0 Å². The lowest BCUT2D eigenvalue weighted by Gasteiger charge is -2.22. The molecule has 0 heterocycles. The van der Waals surface area contributed by atoms with E-state index in [1.807, 2.05) is 0 Å². The van der Waals surface area contributed by atoms with Crippen molar-refractivity contribution >= 4 is 5.91 Å². The fraction of sp³-hybridized carbons (Fsp3) is 0.982. The van der Waals surface area contributed by atoms with E-state index in [4.69, 9.17) is 0 Å². The van der Waals surface area contributed by atoms with E-state index in [1.165, 1.54) is 276 Å². The largest absolute Gasteiger partial charge is 0.394 e. The van der Waals surface area contributed by atoms with Gasteiger partial charge in [0.2, 0.25) is 5.91 Å². The number of unbranched alkanes of at least 4 members (excludes halogenated alkanes) is 45. The van der Waals surface area contributed by atoms with Crippen molar-refractivity contribution in [3.63, 3.8) is 0 Å². The van der Waals surface area contributed by atoms with Crippen molar-refractivity contribution in [3.8, 4) is 0 Å². The molecule has 0 saturated heterocycles. The minimum atomic E-state index is -0.655. The Kier molecular flexibility index (Phi) is 51.2. The summed E-state index contributed by atoms with van der Waals surface area (Å²) in [6.07, 6.45) is 65.2. The Bertz CT molecular complexity index is 773. The average Bonchev–Trinajstić information content (AvgIpc) is 3.24. The zero-order chi connectivity index (χ0) is 42.8. The number of hydrogen-bond acceptors (Lipinski definition) is 3. The summed E-state index contributed by atoms with van der Waals surface area (Å²) in [5, 5.41) is 23.3. The number of amides is 1. The summed E-state index contributed by atoms with van der Waals surface area (Å²) < 4.78 is 0. The lowest BCUT2D eigenvalue weighted by Crippen LogP contribution is -2.45. The van der Waals surface area contributed by atoms with Crippen molar-refractivity contribution in [1.82, 2.24) is 5.32 Å². The zero-order valence-electron chi connectivity index (χ0n) is 40.8. The minimum Gasteiger partial charge on any atom is -0.394 e. The summed E-state index contributed by atoms with van der Waals surface area (Å²) in [4.78, 5) is 12.5. The summed E-state index contributed by atoms with van der Waals surface area (Å²) in [6.45, 7) is 4.41. The normalized spacial score (nSPS) is 12.7. The number of carbonyl (C=O) groups excluding carboxylic acids is 1. The minimum absolute atomic E-state index is 0.0221. The lowest BCUT2D eigenvalue weighted by molar-refractivity contribution is -0.123. The van der Waals surface area contributed by atoms with Gasteiger partial charge in [-0.3, -0.25) is 4.79 Å². The van der Waals surface area contributed by atoms with Crippen molar-refractivity contribution in [2.24, 2.45) is 0 Å². The van der Waals surface area contributed by atoms with Gasteiger partial charge in [0.1, 0.15) is 0 Å². The Hall–Kier alpha value is -0.610. The van der Waals surface area contributed by atoms with E-state index in [-0.39, 0.29) is 12.5 Å². The summed E-state index contributed by atoms with van der Waals surface area (Å²) in [6, 6.07) is -0.531. The molecule has 0 aromatic rings. The first kappa shape index (κ1) is 58.4. The van der Waals surface area contributed by atoms with Gasteiger partial charge in [-0.1, -0.05) is 309 Å². The molecule has 0 radical (unpaired) electrons. The maximum Gasteiger partial charge on any atom is 0.220 e. The first-order valence-electron chi connectivity index (χ1n) is 27.7. The van der Waals surface area contributed by atoms with Crippen LogP contribution in [0.1, 0.15) is 328 Å². The van der Waals surface area contributed by atoms with Crippen LogP contribution < -0.4 is 5.32 Å². The monoisotopic (exact) mass is 834 g/mol. The summed E-state index contributed by atoms with van der Waals surface area (Å²) in [5.41, 5.74) is 0. The molecule has 4 nitrogen and oxygen atoms in total. The molecule has 0 aliphatic heterocycles. The molecule has 0 aromatic heterocycles. The van der Waals surface area contributed by atoms with E-state index >= 15 is 0 Å². The van der Waals surface area contributed by atoms with Gasteiger partial charge in [-0.25, -0.2) is 0 Å². The Morgan fingerprint density at radius 2 is 0.542 bits per heavy atom. The van der Waals surface area contributed by atoms with Crippen LogP contribution in [0.15, 0.2) is 0 Å². The average molecular weight is 834 g/mol. The predicted molar refractivity (Wildman–Crippen MR) is 263 cm³/mol. The van der Waals surface area contributed by atoms with Crippen LogP contribution in [0.25, 0.3) is 0 Å². The van der Waals surface area contributed by atoms with Crippen molar-refractivity contribution in [1.29, 1.82) is 0 Å². The van der Waals surface area contributed by atoms with Crippen molar-refractivity contribution < 1.29 is 15.0 Å². The number of carbonyl (C=O) groups is 1. The highest BCUT2D eigenvalue weighted by atomic mass is 16.3. The van der Waals surface area contributed by atoms with E-state index in [0.29, 0.717) is 12.8 Å². The first-order valence-corrected chi connectivity index (χ1v) is 27.7. The second kappa shape index (κ2) is 51.7. The van der Waals surface area contributed by atoms with Crippen molar-refractivity contribution in [2.75, 3.05) is 6.61 Å². The summed E-state index contributed by atoms with van der Waals surface area (Å²) >= 11 is 0. The Labute approximate surface area is 372 Å². The van der Waals surface area contributed by atoms with Crippen LogP contribution in [0.5, 0.6) is 0 Å². The molecule has 0 fully saturated rings. The van der Waals surface area contributed by atoms with Crippen LogP contribution in [0.3, 0.4) is 0 Å². The number of hydrogen-bond donors (Lipinski definition) is 3. The molecule has 354 valence electrons. The van der Waals surface area contributed by atoms with Crippen molar-refractivity contribution in [2.45, 2.75) is 341 Å². The molecule has 0 rings (SSSR count). The fourth-order valence-corrected chi connectivity index (χ4v) is 9.13. The lowest BCUT2D eigenvalue weighted by atomic mass is 10.0. The van der Waals surface area contributed by atoms with Crippen LogP contribution >= 0.6 is 0 Å². The number of aliphatic hydroxyl groups is 2. The molecule has 0 saturated carbocycles. The Morgan fingerprint density at radius 1 is 0.339 bits per heavy atom. The van der Waals surface area contributed by atoms with Gasteiger partial charge in [0.15, 0.2) is 0 Å². The first-order chi connectivity index (χ1) is 29.2. The molecule has 0 aliphatic rings. The van der Waals surface area contributed by atoms with Crippen molar-refractivity contribution in [3.05, 3.63) is 0 Å². The van der Waals surface area contributed by atoms with Crippen LogP contribution in [0, 0.1) is 0 Å². The van der Waals surface area contributed by atoms with Crippen LogP contribution in [-0.2, 0) is 4.79 Å². The van der Waals surface area contributed by atoms with Gasteiger partial charge in [-0.15, -0.1) is 0 Å². The van der Waals surface area contributed by atoms with Gasteiger partial charge < -0.3 is 15.5 Å². The number of rotatable bonds is 52. The third-order valence-corrected chi connectivity index (χ3v) is 13.4. The number of aliphatic hydroxyl groups excluding tert-OH is 2. The molecule has 0 spiro atoms. The van der Waals surface area contributed by atoms with Gasteiger partial charge in [-0.2, -0.15) is 0 Å². The highest BCUT2D eigenvalue weighted by Gasteiger charge is 2.20. The van der Waals surface area contributed by atoms with Gasteiger partial charge in [0.05, 0.1) is 18.8 Å². The molecule has 2 atom stereocenters. The summed E-state index contributed by atoms with van der Waals surface area (Å²) in [5.74, 6) is -0.0221. The predicted octanol–water partition coefficient (Wildman–Crippen LogP) is 18.0. The van der Waals surface area contributed by atoms with Gasteiger partial charge >= 0.3 is 0 Å². The maximum absolute atomic E-state index is 12.5. The second-order valence-corrected chi connectivity index (χ2v) is 19.4. The number of nitrogens with one attached hydrogen (secondary N) is 1. The van der Waals surface area contributed by atoms with Crippen LogP contribution in [0.2, 0.25) is 0 Å². The molecule has 0 aromatic carbocycles. The fourth-order valence-electron chi connectivity index (χ4n) is 9.13. The molecule has 0 bridgehead atoms. The van der Waals surface area contributed by atoms with Gasteiger partial charge in [0.25, 0.3) is 0 Å². The molecular formula is C55H111NO3. The molecule has 59 heavy (non-hydrogen) atoms. The molecule has 1 amide bonds. The highest BCUT2D eigenvalue weighted by molar-refractivity contribution is 5.76. The van der Waals surface area contributed by atoms with Gasteiger partial charge in [0, 0.05) is 6.42 Å². The van der Waals surface area contributed by atoms with E-state index in [2.05, 4.69) is 19.2 Å². The molecular weight excluding hydrogens is 723 g/mol. The topological polar surface area (TPSA) is 69.6 Å². The summed E-state index contributed by atoms with van der Waals surface area (Å²) in [7, 11) is 0. The zero-order valence-corrected chi connectivity index (χ0v) is 40.8. The quantitative estimate of drug-likeness (QED) is 0.0535. The second-order valence-electron chi connectivity index (χ2n) is 19.4. The molecule has 0 aliphatic carbocycles. The highest BCUT2D eigenvalue weighted by Crippen LogP contribution is 2.18. The third-order valence-electron chi connectivity index (χ3n) is 13.4. The standard InChI is InChI=1S/C55H111NO3/c1-3-5-7-9-11-13-15-17-19-21-23-25-27-29-30-32-34-36-38-40-42-44-46-48-50-54(58)53(52-57)56-55(59)51-49-47-45-43-41-39-37-35-33-31-28-26-24-22-20-18-16-14-12-10-8-6-4-2/h53-54,57-58H,3-52H2,1-2H3,(H,56,59). The van der Waals surface area contributed by atoms with E-state index < -0.39 is 12.1 Å². The van der Waals surface area contributed by atoms with Crippen LogP contribution in [0.4, 0.5) is 0 Å². The molecule has 2 unspecified atom stereocenters.